The van der Waals surface area contributed by atoms with Gasteiger partial charge in [0, 0.05) is 90.3 Å². The van der Waals surface area contributed by atoms with Crippen LogP contribution in [0, 0.1) is 47.3 Å². The van der Waals surface area contributed by atoms with Crippen molar-refractivity contribution < 1.29 is 47.7 Å². The highest BCUT2D eigenvalue weighted by Crippen LogP contribution is 2.32. The summed E-state index contributed by atoms with van der Waals surface area (Å²) in [6.07, 6.45) is 6.70. The minimum Gasteiger partial charge on any atom is -0.379 e. The van der Waals surface area contributed by atoms with E-state index in [1.54, 1.807) is 26.2 Å². The van der Waals surface area contributed by atoms with Crippen molar-refractivity contribution in [2.45, 2.75) is 163 Å². The van der Waals surface area contributed by atoms with Crippen molar-refractivity contribution in [3.8, 4) is 0 Å². The molecule has 0 saturated carbocycles. The van der Waals surface area contributed by atoms with Crippen molar-refractivity contribution in [3.63, 3.8) is 0 Å². The fourth-order valence-corrected chi connectivity index (χ4v) is 10.3. The van der Waals surface area contributed by atoms with Crippen molar-refractivity contribution in [2.24, 2.45) is 47.3 Å². The zero-order valence-corrected chi connectivity index (χ0v) is 45.1. The highest BCUT2D eigenvalue weighted by atomic mass is 16.5. The van der Waals surface area contributed by atoms with E-state index in [2.05, 4.69) is 24.5 Å². The molecule has 9 atom stereocenters. The zero-order valence-electron chi connectivity index (χ0n) is 45.1. The largest absolute Gasteiger partial charge is 0.379 e. The summed E-state index contributed by atoms with van der Waals surface area (Å²) >= 11 is 0. The topological polar surface area (TPSA) is 170 Å². The summed E-state index contributed by atoms with van der Waals surface area (Å²) in [6, 6.07) is 8.87. The van der Waals surface area contributed by atoms with Gasteiger partial charge in [0.1, 0.15) is 17.3 Å². The van der Waals surface area contributed by atoms with Gasteiger partial charge < -0.3 is 39.4 Å². The van der Waals surface area contributed by atoms with E-state index in [1.165, 1.54) is 0 Å². The molecule has 3 amide bonds. The number of amides is 3. The van der Waals surface area contributed by atoms with Crippen LogP contribution >= 0.6 is 0 Å². The standard InChI is InChI=1S/C56H94N4O10/c1-12-40(6)53(59(9)56(66)47(39(4)5)36-50(63)41(7)38(2)3)51(67-10)37-52(64)60-29-16-21-48(60)54(68-11)42(8)49(62)35-45(34-44-18-14-13-15-19-44)55(65)58-28-31-70-33-32-69-30-17-20-46(61)23-22-43-24-26-57-27-25-43/h13-15,18-19,38-43,45,47-48,51,53-54,57H,12,16-17,20-37H2,1-11H3,(H,58,65)/t40-,41+,42-,45+,47-,48-,51+,53-,54+/m0/s1. The summed E-state index contributed by atoms with van der Waals surface area (Å²) in [6.45, 7) is 20.3. The molecule has 14 heteroatoms. The second-order valence-electron chi connectivity index (χ2n) is 21.1. The Kier molecular flexibility index (Phi) is 28.2. The Hall–Kier alpha value is -3.56. The number of likely N-dealkylation sites (N-methyl/N-ethyl adjacent to an activating group) is 1. The molecule has 14 nitrogen and oxygen atoms in total. The molecular formula is C56H94N4O10. The van der Waals surface area contributed by atoms with Crippen LogP contribution < -0.4 is 10.6 Å². The number of nitrogens with one attached hydrogen (secondary N) is 2. The van der Waals surface area contributed by atoms with Gasteiger partial charge in [0.15, 0.2) is 0 Å². The lowest BCUT2D eigenvalue weighted by molar-refractivity contribution is -0.149. The van der Waals surface area contributed by atoms with E-state index in [9.17, 15) is 28.8 Å². The van der Waals surface area contributed by atoms with Crippen LogP contribution in [0.25, 0.3) is 0 Å². The number of rotatable bonds is 35. The lowest BCUT2D eigenvalue weighted by atomic mass is 9.82. The van der Waals surface area contributed by atoms with Gasteiger partial charge in [-0.05, 0) is 87.3 Å². The molecule has 0 radical (unpaired) electrons. The Morgan fingerprint density at radius 1 is 0.786 bits per heavy atom. The predicted molar refractivity (Wildman–Crippen MR) is 275 cm³/mol. The molecule has 1 aromatic carbocycles. The van der Waals surface area contributed by atoms with E-state index >= 15 is 0 Å². The van der Waals surface area contributed by atoms with Gasteiger partial charge in [0.2, 0.25) is 17.7 Å². The molecule has 70 heavy (non-hydrogen) atoms. The van der Waals surface area contributed by atoms with Crippen LogP contribution in [0.1, 0.15) is 138 Å². The maximum Gasteiger partial charge on any atom is 0.226 e. The normalized spacial score (nSPS) is 19.0. The number of ketones is 3. The van der Waals surface area contributed by atoms with Gasteiger partial charge in [-0.3, -0.25) is 28.8 Å². The van der Waals surface area contributed by atoms with Crippen molar-refractivity contribution in [1.82, 2.24) is 20.4 Å². The quantitative estimate of drug-likeness (QED) is 0.0645. The van der Waals surface area contributed by atoms with Gasteiger partial charge in [0.05, 0.1) is 50.5 Å². The molecule has 3 rings (SSSR count). The number of piperidine rings is 1. The number of hydrogen-bond acceptors (Lipinski definition) is 11. The Morgan fingerprint density at radius 3 is 2.06 bits per heavy atom. The number of benzene rings is 1. The minimum atomic E-state index is -0.631. The fourth-order valence-electron chi connectivity index (χ4n) is 10.3. The third-order valence-corrected chi connectivity index (χ3v) is 15.5. The number of carbonyl (C=O) groups excluding carboxylic acids is 6. The molecule has 2 saturated heterocycles. The van der Waals surface area contributed by atoms with Gasteiger partial charge in [0.25, 0.3) is 0 Å². The molecular weight excluding hydrogens is 889 g/mol. The zero-order chi connectivity index (χ0) is 51.8. The van der Waals surface area contributed by atoms with E-state index in [1.807, 2.05) is 76.8 Å². The van der Waals surface area contributed by atoms with Crippen LogP contribution in [0.15, 0.2) is 30.3 Å². The van der Waals surface area contributed by atoms with Crippen LogP contribution in [0.4, 0.5) is 0 Å². The Bertz CT molecular complexity index is 1720. The average molecular weight is 983 g/mol. The van der Waals surface area contributed by atoms with Crippen molar-refractivity contribution in [2.75, 3.05) is 73.9 Å². The van der Waals surface area contributed by atoms with Gasteiger partial charge in [-0.2, -0.15) is 0 Å². The first-order valence-electron chi connectivity index (χ1n) is 26.8. The molecule has 0 aromatic heterocycles. The number of likely N-dealkylation sites (tertiary alicyclic amines) is 1. The monoisotopic (exact) mass is 983 g/mol. The number of Topliss-reactive ketones (excluding diaryl/α,β-unsaturated/α-hetero) is 3. The molecule has 0 aliphatic carbocycles. The van der Waals surface area contributed by atoms with Crippen molar-refractivity contribution in [3.05, 3.63) is 35.9 Å². The van der Waals surface area contributed by atoms with Crippen LogP contribution in [0.5, 0.6) is 0 Å². The highest BCUT2D eigenvalue weighted by molar-refractivity contribution is 5.89. The molecule has 2 aliphatic heterocycles. The molecule has 2 fully saturated rings. The summed E-state index contributed by atoms with van der Waals surface area (Å²) in [5.41, 5.74) is 0.945. The van der Waals surface area contributed by atoms with E-state index in [0.29, 0.717) is 70.2 Å². The van der Waals surface area contributed by atoms with Crippen LogP contribution in [-0.2, 0) is 54.1 Å². The maximum absolute atomic E-state index is 14.4. The first-order valence-corrected chi connectivity index (χ1v) is 26.8. The van der Waals surface area contributed by atoms with E-state index in [0.717, 1.165) is 50.8 Å². The Balaban J connectivity index is 1.58. The van der Waals surface area contributed by atoms with Crippen molar-refractivity contribution >= 4 is 35.1 Å². The number of ether oxygens (including phenoxy) is 4. The van der Waals surface area contributed by atoms with Gasteiger partial charge in [-0.1, -0.05) is 92.1 Å². The number of hydrogen-bond donors (Lipinski definition) is 2. The highest BCUT2D eigenvalue weighted by Gasteiger charge is 2.43. The van der Waals surface area contributed by atoms with E-state index < -0.39 is 36.0 Å². The molecule has 0 spiro atoms. The average Bonchev–Trinajstić information content (AvgIpc) is 3.84. The number of methoxy groups -OCH3 is 2. The van der Waals surface area contributed by atoms with Gasteiger partial charge in [-0.15, -0.1) is 0 Å². The first kappa shape index (κ1) is 60.7. The summed E-state index contributed by atoms with van der Waals surface area (Å²) < 4.78 is 23.6. The molecule has 2 aliphatic rings. The minimum absolute atomic E-state index is 0.000267. The second kappa shape index (κ2) is 32.5. The smallest absolute Gasteiger partial charge is 0.226 e. The SMILES string of the molecule is CC[C@H](C)[C@@H]([C@@H](CC(=O)N1CCC[C@H]1[C@H](OC)[C@@H](C)C(=O)C[C@@H](Cc1ccccc1)C(=O)NCCOCCOCCCC(=O)CCC1CCNCC1)OC)N(C)C(=O)[C@@H](CC(=O)[C@H](C)C(C)C)C(C)C. The van der Waals surface area contributed by atoms with Gasteiger partial charge >= 0.3 is 0 Å². The van der Waals surface area contributed by atoms with Crippen LogP contribution in [0.3, 0.4) is 0 Å². The predicted octanol–water partition coefficient (Wildman–Crippen LogP) is 7.53. The van der Waals surface area contributed by atoms with E-state index in [-0.39, 0.29) is 91.4 Å². The fraction of sp³-hybridized carbons (Fsp3) is 0.786. The third kappa shape index (κ3) is 19.8. The number of nitrogens with zero attached hydrogens (tertiary/aromatic N) is 2. The Morgan fingerprint density at radius 2 is 1.44 bits per heavy atom. The molecule has 398 valence electrons. The van der Waals surface area contributed by atoms with Crippen LogP contribution in [-0.4, -0.2) is 143 Å². The van der Waals surface area contributed by atoms with Crippen LogP contribution in [0.2, 0.25) is 0 Å². The lowest BCUT2D eigenvalue weighted by Crippen LogP contribution is -2.54. The summed E-state index contributed by atoms with van der Waals surface area (Å²) in [5.74, 6) is -1.33. The molecule has 0 bridgehead atoms. The lowest BCUT2D eigenvalue weighted by Gasteiger charge is -2.41. The molecule has 0 unspecified atom stereocenters. The molecule has 2 heterocycles. The third-order valence-electron chi connectivity index (χ3n) is 15.5. The van der Waals surface area contributed by atoms with E-state index in [4.69, 9.17) is 18.9 Å². The maximum atomic E-state index is 14.4. The summed E-state index contributed by atoms with van der Waals surface area (Å²) in [5, 5.41) is 6.35. The first-order chi connectivity index (χ1) is 33.4. The Labute approximate surface area is 422 Å². The molecule has 2 N–H and O–H groups in total. The number of carbonyl (C=O) groups is 6. The summed E-state index contributed by atoms with van der Waals surface area (Å²) in [7, 11) is 4.93. The molecule has 1 aromatic rings. The summed E-state index contributed by atoms with van der Waals surface area (Å²) in [4.78, 5) is 85.8. The second-order valence-corrected chi connectivity index (χ2v) is 21.1. The van der Waals surface area contributed by atoms with Gasteiger partial charge in [-0.25, -0.2) is 0 Å². The van der Waals surface area contributed by atoms with Crippen molar-refractivity contribution in [1.29, 1.82) is 0 Å².